The van der Waals surface area contributed by atoms with Crippen molar-refractivity contribution in [2.45, 2.75) is 21.9 Å². The number of thiophene rings is 1. The van der Waals surface area contributed by atoms with Gasteiger partial charge in [-0.05, 0) is 25.5 Å². The molecule has 2 aliphatic rings. The second kappa shape index (κ2) is 5.75. The summed E-state index contributed by atoms with van der Waals surface area (Å²) in [5, 5.41) is 0. The molecule has 0 N–H and O–H groups in total. The highest BCUT2D eigenvalue weighted by atomic mass is 35.5. The van der Waals surface area contributed by atoms with Crippen LogP contribution >= 0.6 is 46.1 Å². The molecule has 1 saturated carbocycles. The molecule has 128 valence electrons. The topological polar surface area (TPSA) is 57.7 Å². The van der Waals surface area contributed by atoms with Gasteiger partial charge in [-0.2, -0.15) is 4.31 Å². The van der Waals surface area contributed by atoms with Crippen molar-refractivity contribution >= 4 is 62.1 Å². The van der Waals surface area contributed by atoms with Gasteiger partial charge in [0.05, 0.1) is 9.75 Å². The lowest BCUT2D eigenvalue weighted by Gasteiger charge is -2.35. The monoisotopic (exact) mass is 416 g/mol. The molecule has 1 unspecified atom stereocenters. The number of nitrogens with zero attached hydrogens (tertiary/aromatic N) is 2. The molecule has 1 aliphatic carbocycles. The quantitative estimate of drug-likeness (QED) is 0.711. The third-order valence-corrected chi connectivity index (χ3v) is 9.10. The Balaban J connectivity index is 1.66. The van der Waals surface area contributed by atoms with E-state index in [1.165, 1.54) is 10.4 Å². The van der Waals surface area contributed by atoms with Gasteiger partial charge in [0.1, 0.15) is 8.54 Å². The van der Waals surface area contributed by atoms with Gasteiger partial charge in [0.15, 0.2) is 0 Å². The molecule has 0 radical (unpaired) electrons. The number of hydrogen-bond acceptors (Lipinski definition) is 4. The molecule has 10 heteroatoms. The Hall–Kier alpha value is -0.0500. The van der Waals surface area contributed by atoms with E-state index in [-0.39, 0.29) is 23.2 Å². The highest BCUT2D eigenvalue weighted by molar-refractivity contribution is 7.91. The molecule has 2 fully saturated rings. The zero-order valence-corrected chi connectivity index (χ0v) is 16.2. The molecule has 2 heterocycles. The number of alkyl halides is 2. The van der Waals surface area contributed by atoms with E-state index >= 15 is 0 Å². The maximum Gasteiger partial charge on any atom is 0.252 e. The second-order valence-corrected chi connectivity index (χ2v) is 11.3. The van der Waals surface area contributed by atoms with E-state index in [9.17, 15) is 13.2 Å². The highest BCUT2D eigenvalue weighted by Gasteiger charge is 2.68. The van der Waals surface area contributed by atoms with Crippen LogP contribution in [0.15, 0.2) is 16.3 Å². The lowest BCUT2D eigenvalue weighted by molar-refractivity contribution is -0.137. The van der Waals surface area contributed by atoms with Crippen LogP contribution in [0.1, 0.15) is 13.3 Å². The minimum atomic E-state index is -3.56. The van der Waals surface area contributed by atoms with Gasteiger partial charge in [0.2, 0.25) is 5.91 Å². The first-order valence-electron chi connectivity index (χ1n) is 7.01. The summed E-state index contributed by atoms with van der Waals surface area (Å²) in [6.45, 7) is 2.90. The zero-order chi connectivity index (χ0) is 17.0. The Bertz CT molecular complexity index is 741. The number of carbonyl (C=O) groups excluding carboxylic acids is 1. The molecule has 0 aromatic carbocycles. The summed E-state index contributed by atoms with van der Waals surface area (Å²) in [7, 11) is -3.56. The number of halogens is 3. The predicted octanol–water partition coefficient (Wildman–Crippen LogP) is 2.82. The van der Waals surface area contributed by atoms with E-state index in [4.69, 9.17) is 34.8 Å². The van der Waals surface area contributed by atoms with Crippen molar-refractivity contribution in [3.8, 4) is 0 Å². The molecule has 1 amide bonds. The van der Waals surface area contributed by atoms with Crippen molar-refractivity contribution in [1.29, 1.82) is 0 Å². The van der Waals surface area contributed by atoms with Crippen molar-refractivity contribution in [3.05, 3.63) is 16.5 Å². The minimum absolute atomic E-state index is 0.112. The number of amides is 1. The minimum Gasteiger partial charge on any atom is -0.339 e. The summed E-state index contributed by atoms with van der Waals surface area (Å²) < 4.78 is 26.1. The van der Waals surface area contributed by atoms with Crippen LogP contribution in [-0.2, 0) is 14.8 Å². The summed E-state index contributed by atoms with van der Waals surface area (Å²) >= 11 is 18.9. The van der Waals surface area contributed by atoms with Gasteiger partial charge in [-0.15, -0.1) is 34.5 Å². The smallest absolute Gasteiger partial charge is 0.252 e. The number of sulfonamides is 1. The second-order valence-electron chi connectivity index (χ2n) is 5.97. The largest absolute Gasteiger partial charge is 0.339 e. The van der Waals surface area contributed by atoms with Crippen molar-refractivity contribution < 1.29 is 13.2 Å². The van der Waals surface area contributed by atoms with Crippen molar-refractivity contribution in [2.24, 2.45) is 5.41 Å². The maximum absolute atomic E-state index is 12.5. The molecule has 0 bridgehead atoms. The summed E-state index contributed by atoms with van der Waals surface area (Å²) in [5.74, 6) is -0.112. The fourth-order valence-electron chi connectivity index (χ4n) is 2.68. The maximum atomic E-state index is 12.5. The summed E-state index contributed by atoms with van der Waals surface area (Å²) in [5.41, 5.74) is -0.765. The van der Waals surface area contributed by atoms with Crippen LogP contribution < -0.4 is 0 Å². The van der Waals surface area contributed by atoms with Crippen LogP contribution in [0.3, 0.4) is 0 Å². The number of hydrogen-bond donors (Lipinski definition) is 0. The molecule has 1 saturated heterocycles. The van der Waals surface area contributed by atoms with E-state index in [0.29, 0.717) is 23.8 Å². The van der Waals surface area contributed by atoms with Gasteiger partial charge in [0, 0.05) is 26.2 Å². The molecule has 23 heavy (non-hydrogen) atoms. The average molecular weight is 418 g/mol. The molecule has 1 aromatic rings. The predicted molar refractivity (Wildman–Crippen MR) is 91.8 cm³/mol. The van der Waals surface area contributed by atoms with Crippen molar-refractivity contribution in [1.82, 2.24) is 9.21 Å². The van der Waals surface area contributed by atoms with Crippen molar-refractivity contribution in [3.63, 3.8) is 0 Å². The Kier molecular flexibility index (Phi) is 4.44. The lowest BCUT2D eigenvalue weighted by Crippen LogP contribution is -2.52. The first-order chi connectivity index (χ1) is 10.6. The fourth-order valence-corrected chi connectivity index (χ4v) is 6.43. The Morgan fingerprint density at radius 1 is 1.22 bits per heavy atom. The number of carbonyl (C=O) groups is 1. The van der Waals surface area contributed by atoms with Crippen LogP contribution in [0.4, 0.5) is 0 Å². The van der Waals surface area contributed by atoms with E-state index in [1.54, 1.807) is 17.9 Å². The normalized spacial score (nSPS) is 27.9. The third-order valence-electron chi connectivity index (χ3n) is 4.40. The third kappa shape index (κ3) is 3.00. The average Bonchev–Trinajstić information content (AvgIpc) is 2.83. The van der Waals surface area contributed by atoms with Gasteiger partial charge in [-0.25, -0.2) is 8.42 Å². The van der Waals surface area contributed by atoms with E-state index in [0.717, 1.165) is 11.3 Å². The molecule has 1 atom stereocenters. The molecule has 3 rings (SSSR count). The zero-order valence-electron chi connectivity index (χ0n) is 12.3. The molecule has 1 aromatic heterocycles. The summed E-state index contributed by atoms with van der Waals surface area (Å²) in [6.07, 6.45) is 0.425. The van der Waals surface area contributed by atoms with E-state index < -0.39 is 19.8 Å². The standard InChI is InChI=1S/C13H15Cl3N2O3S2/c1-12(8-13(12,15)16)11(19)17-4-6-18(7-5-17)23(20,21)10-3-2-9(14)22-10/h2-3H,4-8H2,1H3. The summed E-state index contributed by atoms with van der Waals surface area (Å²) in [6, 6.07) is 3.06. The molecule has 1 aliphatic heterocycles. The molecule has 0 spiro atoms. The van der Waals surface area contributed by atoms with E-state index in [1.807, 2.05) is 0 Å². The van der Waals surface area contributed by atoms with Crippen LogP contribution in [0, 0.1) is 5.41 Å². The van der Waals surface area contributed by atoms with Crippen LogP contribution in [0.2, 0.25) is 4.34 Å². The van der Waals surface area contributed by atoms with Gasteiger partial charge in [-0.1, -0.05) is 11.6 Å². The first kappa shape index (κ1) is 17.8. The van der Waals surface area contributed by atoms with Crippen LogP contribution in [-0.4, -0.2) is 54.0 Å². The number of piperazine rings is 1. The summed E-state index contributed by atoms with van der Waals surface area (Å²) in [4.78, 5) is 14.1. The Morgan fingerprint density at radius 2 is 1.78 bits per heavy atom. The highest BCUT2D eigenvalue weighted by Crippen LogP contribution is 2.64. The van der Waals surface area contributed by atoms with Gasteiger partial charge in [0.25, 0.3) is 10.0 Å². The van der Waals surface area contributed by atoms with Crippen LogP contribution in [0.25, 0.3) is 0 Å². The van der Waals surface area contributed by atoms with Gasteiger partial charge < -0.3 is 4.90 Å². The number of rotatable bonds is 3. The SMILES string of the molecule is CC1(C(=O)N2CCN(S(=O)(=O)c3ccc(Cl)s3)CC2)CC1(Cl)Cl. The lowest BCUT2D eigenvalue weighted by atomic mass is 10.1. The molecular formula is C13H15Cl3N2O3S2. The fraction of sp³-hybridized carbons (Fsp3) is 0.615. The van der Waals surface area contributed by atoms with Crippen LogP contribution in [0.5, 0.6) is 0 Å². The first-order valence-corrected chi connectivity index (χ1v) is 10.4. The van der Waals surface area contributed by atoms with E-state index in [2.05, 4.69) is 0 Å². The molecular weight excluding hydrogens is 403 g/mol. The molecule has 5 nitrogen and oxygen atoms in total. The van der Waals surface area contributed by atoms with Gasteiger partial charge in [-0.3, -0.25) is 4.79 Å². The Morgan fingerprint density at radius 3 is 2.22 bits per heavy atom. The van der Waals surface area contributed by atoms with Gasteiger partial charge >= 0.3 is 0 Å². The Labute approximate surface area is 154 Å². The van der Waals surface area contributed by atoms with Crippen molar-refractivity contribution in [2.75, 3.05) is 26.2 Å².